The summed E-state index contributed by atoms with van der Waals surface area (Å²) in [6.45, 7) is 0.423. The van der Waals surface area contributed by atoms with Crippen LogP contribution in [-0.2, 0) is 6.54 Å². The zero-order valence-electron chi connectivity index (χ0n) is 10.9. The lowest BCUT2D eigenvalue weighted by Gasteiger charge is -2.09. The molecule has 0 atom stereocenters. The number of benzene rings is 2. The second kappa shape index (κ2) is 5.43. The van der Waals surface area contributed by atoms with Crippen molar-refractivity contribution < 1.29 is 9.90 Å². The van der Waals surface area contributed by atoms with E-state index in [1.54, 1.807) is 22.8 Å². The van der Waals surface area contributed by atoms with Gasteiger partial charge in [-0.05, 0) is 17.7 Å². The largest absolute Gasteiger partial charge is 0.478 e. The molecule has 0 aliphatic carbocycles. The van der Waals surface area contributed by atoms with E-state index in [0.29, 0.717) is 17.0 Å². The van der Waals surface area contributed by atoms with Gasteiger partial charge in [-0.3, -0.25) is 0 Å². The first-order valence-corrected chi connectivity index (χ1v) is 7.08. The van der Waals surface area contributed by atoms with Gasteiger partial charge < -0.3 is 9.67 Å². The molecule has 0 radical (unpaired) electrons. The second-order valence-electron chi connectivity index (χ2n) is 4.67. The Labute approximate surface area is 131 Å². The average molecular weight is 320 g/mol. The first kappa shape index (κ1) is 14.0. The maximum atomic E-state index is 11.4. The molecule has 106 valence electrons. The van der Waals surface area contributed by atoms with Gasteiger partial charge in [0.05, 0.1) is 12.1 Å². The summed E-state index contributed by atoms with van der Waals surface area (Å²) in [7, 11) is 0. The maximum Gasteiger partial charge on any atom is 0.339 e. The van der Waals surface area contributed by atoms with Crippen LogP contribution >= 0.6 is 23.2 Å². The summed E-state index contributed by atoms with van der Waals surface area (Å²) in [6, 6.07) is 14.7. The van der Waals surface area contributed by atoms with Crippen LogP contribution < -0.4 is 0 Å². The third-order valence-corrected chi connectivity index (χ3v) is 4.17. The van der Waals surface area contributed by atoms with Gasteiger partial charge in [0.2, 0.25) is 0 Å². The number of rotatable bonds is 3. The van der Waals surface area contributed by atoms with Crippen molar-refractivity contribution in [3.05, 3.63) is 69.8 Å². The van der Waals surface area contributed by atoms with Gasteiger partial charge in [0.1, 0.15) is 10.7 Å². The lowest BCUT2D eigenvalue weighted by Crippen LogP contribution is -2.02. The molecule has 0 aliphatic heterocycles. The van der Waals surface area contributed by atoms with Crippen LogP contribution in [-0.4, -0.2) is 15.6 Å². The molecular weight excluding hydrogens is 309 g/mol. The van der Waals surface area contributed by atoms with E-state index in [0.717, 1.165) is 11.1 Å². The molecule has 3 aromatic rings. The summed E-state index contributed by atoms with van der Waals surface area (Å²) in [5, 5.41) is 10.8. The number of nitrogens with zero attached hydrogens (tertiary/aromatic N) is 1. The fourth-order valence-electron chi connectivity index (χ4n) is 2.43. The fourth-order valence-corrected chi connectivity index (χ4v) is 2.96. The highest BCUT2D eigenvalue weighted by Gasteiger charge is 2.20. The fraction of sp³-hybridized carbons (Fsp3) is 0.0625. The van der Waals surface area contributed by atoms with Crippen molar-refractivity contribution in [2.24, 2.45) is 0 Å². The van der Waals surface area contributed by atoms with E-state index in [4.69, 9.17) is 23.2 Å². The Morgan fingerprint density at radius 1 is 1.05 bits per heavy atom. The molecule has 3 rings (SSSR count). The summed E-state index contributed by atoms with van der Waals surface area (Å²) < 4.78 is 1.77. The monoisotopic (exact) mass is 319 g/mol. The Hall–Kier alpha value is -1.97. The van der Waals surface area contributed by atoms with E-state index in [-0.39, 0.29) is 10.7 Å². The predicted octanol–water partition coefficient (Wildman–Crippen LogP) is 4.69. The first-order chi connectivity index (χ1) is 10.1. The van der Waals surface area contributed by atoms with Crippen LogP contribution in [0.1, 0.15) is 15.9 Å². The smallest absolute Gasteiger partial charge is 0.339 e. The van der Waals surface area contributed by atoms with Crippen molar-refractivity contribution >= 4 is 40.1 Å². The molecular formula is C16H11Cl2NO2. The third-order valence-electron chi connectivity index (χ3n) is 3.41. The van der Waals surface area contributed by atoms with Crippen LogP contribution in [0.25, 0.3) is 10.9 Å². The van der Waals surface area contributed by atoms with E-state index in [1.165, 1.54) is 0 Å². The van der Waals surface area contributed by atoms with Crippen LogP contribution in [0.3, 0.4) is 0 Å². The molecule has 1 N–H and O–H groups in total. The molecule has 0 bridgehead atoms. The third kappa shape index (κ3) is 2.39. The molecule has 0 unspecified atom stereocenters. The minimum absolute atomic E-state index is 0.124. The lowest BCUT2D eigenvalue weighted by atomic mass is 10.2. The molecule has 2 aromatic carbocycles. The van der Waals surface area contributed by atoms with Crippen molar-refractivity contribution in [1.29, 1.82) is 0 Å². The van der Waals surface area contributed by atoms with Gasteiger partial charge in [0.25, 0.3) is 0 Å². The highest BCUT2D eigenvalue weighted by Crippen LogP contribution is 2.31. The number of carbonyl (C=O) groups is 1. The highest BCUT2D eigenvalue weighted by molar-refractivity contribution is 6.35. The molecule has 5 heteroatoms. The number of hydrogen-bond acceptors (Lipinski definition) is 1. The predicted molar refractivity (Wildman–Crippen MR) is 84.5 cm³/mol. The molecule has 0 fully saturated rings. The minimum Gasteiger partial charge on any atom is -0.478 e. The van der Waals surface area contributed by atoms with Crippen molar-refractivity contribution in [1.82, 2.24) is 4.57 Å². The number of aromatic nitrogens is 1. The van der Waals surface area contributed by atoms with Crippen LogP contribution in [0.15, 0.2) is 48.5 Å². The van der Waals surface area contributed by atoms with Gasteiger partial charge in [-0.25, -0.2) is 4.79 Å². The van der Waals surface area contributed by atoms with Crippen molar-refractivity contribution in [2.75, 3.05) is 0 Å². The molecule has 0 amide bonds. The Morgan fingerprint density at radius 2 is 1.71 bits per heavy atom. The molecule has 0 saturated carbocycles. The number of aromatic carboxylic acids is 1. The number of halogens is 2. The average Bonchev–Trinajstić information content (AvgIpc) is 2.74. The standard InChI is InChI=1S/C16H11Cl2NO2/c17-12-7-3-1-5-10(12)9-19-13-8-4-2-6-11(13)14(15(19)18)16(20)21/h1-8H,9H2,(H,20,21). The lowest BCUT2D eigenvalue weighted by molar-refractivity contribution is 0.0699. The van der Waals surface area contributed by atoms with Gasteiger partial charge in [-0.2, -0.15) is 0 Å². The van der Waals surface area contributed by atoms with Crippen LogP contribution in [0.5, 0.6) is 0 Å². The molecule has 0 spiro atoms. The summed E-state index contributed by atoms with van der Waals surface area (Å²) in [5.41, 5.74) is 1.79. The minimum atomic E-state index is -1.03. The number of para-hydroxylation sites is 1. The van der Waals surface area contributed by atoms with Crippen LogP contribution in [0.4, 0.5) is 0 Å². The number of carboxylic acid groups (broad SMARTS) is 1. The molecule has 21 heavy (non-hydrogen) atoms. The zero-order valence-corrected chi connectivity index (χ0v) is 12.4. The van der Waals surface area contributed by atoms with Gasteiger partial charge in [-0.1, -0.05) is 59.6 Å². The van der Waals surface area contributed by atoms with E-state index in [2.05, 4.69) is 0 Å². The van der Waals surface area contributed by atoms with Crippen LogP contribution in [0, 0.1) is 0 Å². The van der Waals surface area contributed by atoms with E-state index in [9.17, 15) is 9.90 Å². The Balaban J connectivity index is 2.21. The summed E-state index contributed by atoms with van der Waals surface area (Å²) in [5.74, 6) is -1.03. The van der Waals surface area contributed by atoms with E-state index < -0.39 is 5.97 Å². The Kier molecular flexibility index (Phi) is 3.62. The molecule has 3 nitrogen and oxygen atoms in total. The van der Waals surface area contributed by atoms with E-state index >= 15 is 0 Å². The van der Waals surface area contributed by atoms with Gasteiger partial charge in [-0.15, -0.1) is 0 Å². The zero-order chi connectivity index (χ0) is 15.0. The molecule has 0 saturated heterocycles. The van der Waals surface area contributed by atoms with Crippen molar-refractivity contribution in [3.8, 4) is 0 Å². The van der Waals surface area contributed by atoms with Crippen molar-refractivity contribution in [3.63, 3.8) is 0 Å². The van der Waals surface area contributed by atoms with Gasteiger partial charge >= 0.3 is 5.97 Å². The van der Waals surface area contributed by atoms with Crippen LogP contribution in [0.2, 0.25) is 10.2 Å². The summed E-state index contributed by atoms with van der Waals surface area (Å²) in [4.78, 5) is 11.4. The van der Waals surface area contributed by atoms with Gasteiger partial charge in [0.15, 0.2) is 0 Å². The maximum absolute atomic E-state index is 11.4. The topological polar surface area (TPSA) is 42.2 Å². The molecule has 1 aromatic heterocycles. The Bertz CT molecular complexity index is 839. The molecule has 1 heterocycles. The summed E-state index contributed by atoms with van der Waals surface area (Å²) in [6.07, 6.45) is 0. The van der Waals surface area contributed by atoms with Gasteiger partial charge in [0, 0.05) is 10.4 Å². The number of fused-ring (bicyclic) bond motifs is 1. The van der Waals surface area contributed by atoms with E-state index in [1.807, 2.05) is 30.3 Å². The quantitative estimate of drug-likeness (QED) is 0.760. The highest BCUT2D eigenvalue weighted by atomic mass is 35.5. The second-order valence-corrected chi connectivity index (χ2v) is 5.43. The first-order valence-electron chi connectivity index (χ1n) is 6.33. The SMILES string of the molecule is O=C(O)c1c(Cl)n(Cc2ccccc2Cl)c2ccccc12. The number of carboxylic acids is 1. The number of hydrogen-bond donors (Lipinski definition) is 1. The Morgan fingerprint density at radius 3 is 2.43 bits per heavy atom. The molecule has 0 aliphatic rings. The normalized spacial score (nSPS) is 11.0. The van der Waals surface area contributed by atoms with Crippen molar-refractivity contribution in [2.45, 2.75) is 6.54 Å². The summed E-state index contributed by atoms with van der Waals surface area (Å²) >= 11 is 12.5.